The first-order valence-corrected chi connectivity index (χ1v) is 10.6. The van der Waals surface area contributed by atoms with Crippen LogP contribution in [0.5, 0.6) is 0 Å². The molecule has 6 nitrogen and oxygen atoms in total. The maximum atomic E-state index is 12.6. The van der Waals surface area contributed by atoms with E-state index in [1.165, 1.54) is 6.08 Å². The van der Waals surface area contributed by atoms with Gasteiger partial charge in [-0.3, -0.25) is 9.59 Å². The summed E-state index contributed by atoms with van der Waals surface area (Å²) in [4.78, 5) is 25.0. The van der Waals surface area contributed by atoms with Crippen LogP contribution >= 0.6 is 0 Å². The molecule has 0 bridgehead atoms. The molecule has 1 unspecified atom stereocenters. The number of ether oxygens (including phenoxy) is 1. The zero-order valence-corrected chi connectivity index (χ0v) is 17.8. The first-order chi connectivity index (χ1) is 13.4. The number of hydrogen-bond donors (Lipinski definition) is 3. The molecular weight excluding hydrogens is 372 g/mol. The van der Waals surface area contributed by atoms with Gasteiger partial charge in [-0.25, -0.2) is 0 Å². The van der Waals surface area contributed by atoms with Crippen LogP contribution in [0.4, 0.5) is 0 Å². The highest BCUT2D eigenvalue weighted by molar-refractivity contribution is 6.00. The van der Waals surface area contributed by atoms with Gasteiger partial charge in [0, 0.05) is 30.1 Å². The lowest BCUT2D eigenvalue weighted by Gasteiger charge is -2.51. The molecule has 0 aromatic heterocycles. The SMILES string of the molecule is CC(C)C(=O)OC1[C@@H]2[C@H]([C@@H]3C=C(CO)C[C@]4(O)C(=O)C=C[C@H]4[C@@]3(O)[C@@H]1C)C2(C)C. The lowest BCUT2D eigenvalue weighted by atomic mass is 9.59. The van der Waals surface area contributed by atoms with Gasteiger partial charge < -0.3 is 20.1 Å². The number of carbonyl (C=O) groups is 2. The van der Waals surface area contributed by atoms with Crippen LogP contribution in [0, 0.1) is 40.9 Å². The predicted octanol–water partition coefficient (Wildman–Crippen LogP) is 1.63. The number of rotatable bonds is 3. The molecule has 29 heavy (non-hydrogen) atoms. The molecule has 0 aromatic carbocycles. The highest BCUT2D eigenvalue weighted by atomic mass is 16.5. The van der Waals surface area contributed by atoms with Gasteiger partial charge in [-0.2, -0.15) is 0 Å². The Balaban J connectivity index is 1.84. The van der Waals surface area contributed by atoms with Gasteiger partial charge in [0.2, 0.25) is 0 Å². The monoisotopic (exact) mass is 404 g/mol. The van der Waals surface area contributed by atoms with Crippen LogP contribution < -0.4 is 0 Å². The van der Waals surface area contributed by atoms with Crippen LogP contribution in [-0.4, -0.2) is 51.0 Å². The van der Waals surface area contributed by atoms with Crippen LogP contribution in [0.15, 0.2) is 23.8 Å². The standard InChI is InChI=1S/C23H32O6/c1-11(2)20(26)29-19-12(3)23(28)14(17-18(19)21(17,4)5)8-13(10-24)9-22(27)15(23)6-7-16(22)25/h6-8,11-12,14-15,17-19,24,27-28H,9-10H2,1-5H3/t12-,14+,15-,17+,18+,19?,22-,23-/m1/s1. The molecule has 0 amide bonds. The summed E-state index contributed by atoms with van der Waals surface area (Å²) in [6, 6.07) is 0. The summed E-state index contributed by atoms with van der Waals surface area (Å²) < 4.78 is 5.91. The normalized spacial score (nSPS) is 47.1. The Labute approximate surface area is 171 Å². The van der Waals surface area contributed by atoms with E-state index >= 15 is 0 Å². The van der Waals surface area contributed by atoms with Crippen molar-refractivity contribution in [1.29, 1.82) is 0 Å². The average Bonchev–Trinajstić information content (AvgIpc) is 3.11. The van der Waals surface area contributed by atoms with Crippen molar-refractivity contribution in [2.45, 2.75) is 58.3 Å². The van der Waals surface area contributed by atoms with Crippen molar-refractivity contribution in [3.8, 4) is 0 Å². The molecule has 3 N–H and O–H groups in total. The van der Waals surface area contributed by atoms with E-state index in [2.05, 4.69) is 13.8 Å². The van der Waals surface area contributed by atoms with Crippen molar-refractivity contribution in [2.75, 3.05) is 6.61 Å². The van der Waals surface area contributed by atoms with Crippen LogP contribution in [-0.2, 0) is 14.3 Å². The highest BCUT2D eigenvalue weighted by Gasteiger charge is 2.77. The molecule has 4 aliphatic carbocycles. The van der Waals surface area contributed by atoms with Crippen molar-refractivity contribution < 1.29 is 29.6 Å². The fourth-order valence-corrected chi connectivity index (χ4v) is 6.51. The van der Waals surface area contributed by atoms with Gasteiger partial charge in [-0.15, -0.1) is 0 Å². The Kier molecular flexibility index (Phi) is 4.48. The van der Waals surface area contributed by atoms with Crippen molar-refractivity contribution >= 4 is 11.8 Å². The smallest absolute Gasteiger partial charge is 0.308 e. The molecule has 0 heterocycles. The third kappa shape index (κ3) is 2.58. The third-order valence-corrected chi connectivity index (χ3v) is 8.21. The Hall–Kier alpha value is -1.50. The molecule has 0 aliphatic heterocycles. The second-order valence-electron chi connectivity index (χ2n) is 10.4. The van der Waals surface area contributed by atoms with E-state index in [9.17, 15) is 24.9 Å². The molecule has 0 aromatic rings. The average molecular weight is 405 g/mol. The minimum absolute atomic E-state index is 0.000205. The maximum Gasteiger partial charge on any atom is 0.308 e. The largest absolute Gasteiger partial charge is 0.461 e. The molecule has 160 valence electrons. The van der Waals surface area contributed by atoms with Crippen LogP contribution in [0.25, 0.3) is 0 Å². The highest BCUT2D eigenvalue weighted by Crippen LogP contribution is 2.73. The second-order valence-corrected chi connectivity index (χ2v) is 10.4. The van der Waals surface area contributed by atoms with E-state index in [1.54, 1.807) is 19.9 Å². The quantitative estimate of drug-likeness (QED) is 0.488. The van der Waals surface area contributed by atoms with E-state index < -0.39 is 34.9 Å². The second kappa shape index (κ2) is 6.25. The van der Waals surface area contributed by atoms with Crippen LogP contribution in [0.2, 0.25) is 0 Å². The van der Waals surface area contributed by atoms with E-state index in [0.29, 0.717) is 5.57 Å². The maximum absolute atomic E-state index is 12.6. The summed E-state index contributed by atoms with van der Waals surface area (Å²) in [6.45, 7) is 9.35. The molecule has 4 aliphatic rings. The molecule has 0 spiro atoms. The Morgan fingerprint density at radius 2 is 1.93 bits per heavy atom. The fraction of sp³-hybridized carbons (Fsp3) is 0.739. The molecule has 0 radical (unpaired) electrons. The number of fused-ring (bicyclic) bond motifs is 5. The predicted molar refractivity (Wildman–Crippen MR) is 105 cm³/mol. The van der Waals surface area contributed by atoms with Crippen molar-refractivity contribution in [3.05, 3.63) is 23.8 Å². The van der Waals surface area contributed by atoms with Gasteiger partial charge in [0.25, 0.3) is 0 Å². The Morgan fingerprint density at radius 1 is 1.28 bits per heavy atom. The first kappa shape index (κ1) is 20.8. The lowest BCUT2D eigenvalue weighted by molar-refractivity contribution is -0.199. The number of aliphatic hydroxyl groups is 3. The number of carbonyl (C=O) groups excluding carboxylic acids is 2. The Bertz CT molecular complexity index is 810. The van der Waals surface area contributed by atoms with Crippen molar-refractivity contribution in [3.63, 3.8) is 0 Å². The summed E-state index contributed by atoms with van der Waals surface area (Å²) >= 11 is 0. The number of aliphatic hydroxyl groups excluding tert-OH is 1. The Morgan fingerprint density at radius 3 is 2.52 bits per heavy atom. The minimum atomic E-state index is -1.79. The zero-order valence-electron chi connectivity index (χ0n) is 17.8. The minimum Gasteiger partial charge on any atom is -0.461 e. The summed E-state index contributed by atoms with van der Waals surface area (Å²) in [5.41, 5.74) is -2.85. The van der Waals surface area contributed by atoms with Gasteiger partial charge in [-0.1, -0.05) is 46.8 Å². The first-order valence-electron chi connectivity index (χ1n) is 10.6. The molecule has 2 saturated carbocycles. The summed E-state index contributed by atoms with van der Waals surface area (Å²) in [5, 5.41) is 33.4. The van der Waals surface area contributed by atoms with Crippen LogP contribution in [0.3, 0.4) is 0 Å². The lowest BCUT2D eigenvalue weighted by Crippen LogP contribution is -2.63. The summed E-state index contributed by atoms with van der Waals surface area (Å²) in [7, 11) is 0. The van der Waals surface area contributed by atoms with Crippen LogP contribution in [0.1, 0.15) is 41.0 Å². The zero-order chi connectivity index (χ0) is 21.5. The molecule has 2 fully saturated rings. The molecular formula is C23H32O6. The van der Waals surface area contributed by atoms with E-state index in [0.717, 1.165) is 0 Å². The van der Waals surface area contributed by atoms with Gasteiger partial charge in [-0.05, 0) is 23.0 Å². The molecule has 6 heteroatoms. The third-order valence-electron chi connectivity index (χ3n) is 8.21. The van der Waals surface area contributed by atoms with Crippen molar-refractivity contribution in [1.82, 2.24) is 0 Å². The van der Waals surface area contributed by atoms with E-state index in [-0.39, 0.29) is 48.1 Å². The van der Waals surface area contributed by atoms with Crippen molar-refractivity contribution in [2.24, 2.45) is 40.9 Å². The van der Waals surface area contributed by atoms with E-state index in [1.807, 2.05) is 13.0 Å². The molecule has 0 saturated heterocycles. The summed E-state index contributed by atoms with van der Waals surface area (Å²) in [6.07, 6.45) is 4.33. The topological polar surface area (TPSA) is 104 Å². The summed E-state index contributed by atoms with van der Waals surface area (Å²) in [5.74, 6) is -2.58. The number of hydrogen-bond acceptors (Lipinski definition) is 6. The number of ketones is 1. The molecule has 8 atom stereocenters. The van der Waals surface area contributed by atoms with Gasteiger partial charge in [0.15, 0.2) is 5.78 Å². The van der Waals surface area contributed by atoms with Gasteiger partial charge in [0.05, 0.1) is 18.1 Å². The van der Waals surface area contributed by atoms with E-state index in [4.69, 9.17) is 4.74 Å². The fourth-order valence-electron chi connectivity index (χ4n) is 6.51. The number of esters is 1. The van der Waals surface area contributed by atoms with Gasteiger partial charge >= 0.3 is 5.97 Å². The molecule has 4 rings (SSSR count). The van der Waals surface area contributed by atoms with Gasteiger partial charge in [0.1, 0.15) is 11.7 Å².